The van der Waals surface area contributed by atoms with Gasteiger partial charge in [0.1, 0.15) is 0 Å². The van der Waals surface area contributed by atoms with E-state index in [9.17, 15) is 18.0 Å². The van der Waals surface area contributed by atoms with E-state index in [4.69, 9.17) is 5.73 Å². The lowest BCUT2D eigenvalue weighted by molar-refractivity contribution is -0.137. The van der Waals surface area contributed by atoms with Crippen molar-refractivity contribution in [3.05, 3.63) is 34.2 Å². The summed E-state index contributed by atoms with van der Waals surface area (Å²) in [6.45, 7) is 0. The topological polar surface area (TPSA) is 73.3 Å². The SMILES string of the molecule is Nc1nc(=O)n2c(n1)sc1ccc(C(F)(F)F)cc12. The first-order chi connectivity index (χ1) is 8.86. The van der Waals surface area contributed by atoms with E-state index in [1.165, 1.54) is 6.07 Å². The van der Waals surface area contributed by atoms with E-state index < -0.39 is 17.4 Å². The Bertz CT molecular complexity index is 851. The van der Waals surface area contributed by atoms with E-state index in [1.54, 1.807) is 0 Å². The van der Waals surface area contributed by atoms with Crippen LogP contribution >= 0.6 is 11.3 Å². The van der Waals surface area contributed by atoms with E-state index in [0.29, 0.717) is 4.70 Å². The summed E-state index contributed by atoms with van der Waals surface area (Å²) in [6.07, 6.45) is -4.47. The van der Waals surface area contributed by atoms with E-state index in [0.717, 1.165) is 27.9 Å². The van der Waals surface area contributed by atoms with Gasteiger partial charge >= 0.3 is 11.9 Å². The zero-order valence-electron chi connectivity index (χ0n) is 9.10. The molecular weight excluding hydrogens is 281 g/mol. The van der Waals surface area contributed by atoms with Gasteiger partial charge in [0.25, 0.3) is 0 Å². The molecule has 0 aliphatic carbocycles. The molecule has 2 N–H and O–H groups in total. The second kappa shape index (κ2) is 3.67. The average molecular weight is 286 g/mol. The molecule has 0 atom stereocenters. The molecular formula is C10H5F3N4OS. The number of nitrogen functional groups attached to an aromatic ring is 1. The normalized spacial score (nSPS) is 12.4. The highest BCUT2D eigenvalue weighted by atomic mass is 32.1. The molecule has 1 aromatic carbocycles. The molecule has 0 bridgehead atoms. The maximum absolute atomic E-state index is 12.7. The van der Waals surface area contributed by atoms with Crippen LogP contribution in [0.4, 0.5) is 19.1 Å². The molecule has 19 heavy (non-hydrogen) atoms. The van der Waals surface area contributed by atoms with Gasteiger partial charge in [0.15, 0.2) is 0 Å². The summed E-state index contributed by atoms with van der Waals surface area (Å²) in [5, 5.41) is 0. The van der Waals surface area contributed by atoms with Crippen LogP contribution in [0.1, 0.15) is 5.56 Å². The van der Waals surface area contributed by atoms with Gasteiger partial charge in [0, 0.05) is 0 Å². The van der Waals surface area contributed by atoms with Crippen LogP contribution in [0, 0.1) is 0 Å². The van der Waals surface area contributed by atoms with Crippen LogP contribution in [0.2, 0.25) is 0 Å². The quantitative estimate of drug-likeness (QED) is 0.685. The Morgan fingerprint density at radius 2 is 2.00 bits per heavy atom. The number of fused-ring (bicyclic) bond motifs is 3. The number of anilines is 1. The lowest BCUT2D eigenvalue weighted by Crippen LogP contribution is -2.18. The van der Waals surface area contributed by atoms with Gasteiger partial charge in [-0.1, -0.05) is 11.3 Å². The zero-order chi connectivity index (χ0) is 13.8. The molecule has 2 heterocycles. The van der Waals surface area contributed by atoms with Gasteiger partial charge < -0.3 is 5.73 Å². The highest BCUT2D eigenvalue weighted by Crippen LogP contribution is 2.33. The van der Waals surface area contributed by atoms with Crippen LogP contribution in [0.15, 0.2) is 23.0 Å². The Morgan fingerprint density at radius 3 is 2.68 bits per heavy atom. The zero-order valence-corrected chi connectivity index (χ0v) is 9.92. The minimum absolute atomic E-state index is 0.125. The van der Waals surface area contributed by atoms with Crippen molar-refractivity contribution in [2.24, 2.45) is 0 Å². The van der Waals surface area contributed by atoms with Crippen molar-refractivity contribution < 1.29 is 13.2 Å². The van der Waals surface area contributed by atoms with Crippen molar-refractivity contribution in [1.82, 2.24) is 14.4 Å². The van der Waals surface area contributed by atoms with Gasteiger partial charge in [0.05, 0.1) is 15.8 Å². The predicted octanol–water partition coefficient (Wildman–Crippen LogP) is 1.91. The number of nitrogens with two attached hydrogens (primary N) is 1. The molecule has 0 fully saturated rings. The van der Waals surface area contributed by atoms with Crippen LogP contribution in [0.25, 0.3) is 15.2 Å². The van der Waals surface area contributed by atoms with Crippen LogP contribution in [-0.4, -0.2) is 14.4 Å². The van der Waals surface area contributed by atoms with Crippen LogP contribution in [0.3, 0.4) is 0 Å². The second-order valence-corrected chi connectivity index (χ2v) is 4.77. The molecule has 5 nitrogen and oxygen atoms in total. The lowest BCUT2D eigenvalue weighted by atomic mass is 10.2. The number of aromatic nitrogens is 3. The maximum atomic E-state index is 12.7. The molecule has 0 saturated heterocycles. The number of thiazole rings is 1. The number of hydrogen-bond acceptors (Lipinski definition) is 5. The van der Waals surface area contributed by atoms with Crippen LogP contribution < -0.4 is 11.4 Å². The smallest absolute Gasteiger partial charge is 0.368 e. The van der Waals surface area contributed by atoms with Gasteiger partial charge in [-0.2, -0.15) is 23.1 Å². The summed E-state index contributed by atoms with van der Waals surface area (Å²) in [6, 6.07) is 3.16. The summed E-state index contributed by atoms with van der Waals surface area (Å²) in [4.78, 5) is 19.2. The van der Waals surface area contributed by atoms with Crippen molar-refractivity contribution in [2.45, 2.75) is 6.18 Å². The monoisotopic (exact) mass is 286 g/mol. The Labute approximate surface area is 107 Å². The third-order valence-electron chi connectivity index (χ3n) is 2.53. The second-order valence-electron chi connectivity index (χ2n) is 3.76. The third-order valence-corrected chi connectivity index (χ3v) is 3.55. The van der Waals surface area contributed by atoms with Crippen LogP contribution in [0.5, 0.6) is 0 Å². The van der Waals surface area contributed by atoms with Gasteiger partial charge in [0.2, 0.25) is 10.9 Å². The Kier molecular flexibility index (Phi) is 2.30. The molecule has 0 unspecified atom stereocenters. The number of alkyl halides is 3. The average Bonchev–Trinajstić information content (AvgIpc) is 2.64. The van der Waals surface area contributed by atoms with E-state index >= 15 is 0 Å². The molecule has 2 aromatic heterocycles. The minimum Gasteiger partial charge on any atom is -0.368 e. The first-order valence-corrected chi connectivity index (χ1v) is 5.84. The minimum atomic E-state index is -4.47. The molecule has 3 aromatic rings. The fourth-order valence-electron chi connectivity index (χ4n) is 1.73. The van der Waals surface area contributed by atoms with Crippen molar-refractivity contribution in [3.8, 4) is 0 Å². The molecule has 0 radical (unpaired) electrons. The highest BCUT2D eigenvalue weighted by Gasteiger charge is 2.31. The van der Waals surface area contributed by atoms with Crippen molar-refractivity contribution in [1.29, 1.82) is 0 Å². The molecule has 0 spiro atoms. The van der Waals surface area contributed by atoms with Crippen molar-refractivity contribution in [3.63, 3.8) is 0 Å². The van der Waals surface area contributed by atoms with Gasteiger partial charge in [-0.15, -0.1) is 0 Å². The van der Waals surface area contributed by atoms with Crippen molar-refractivity contribution >= 4 is 32.5 Å². The fourth-order valence-corrected chi connectivity index (χ4v) is 2.72. The number of halogens is 3. The lowest BCUT2D eigenvalue weighted by Gasteiger charge is -2.05. The van der Waals surface area contributed by atoms with Crippen molar-refractivity contribution in [2.75, 3.05) is 5.73 Å². The largest absolute Gasteiger partial charge is 0.416 e. The highest BCUT2D eigenvalue weighted by molar-refractivity contribution is 7.23. The maximum Gasteiger partial charge on any atom is 0.416 e. The van der Waals surface area contributed by atoms with Gasteiger partial charge in [-0.05, 0) is 18.2 Å². The van der Waals surface area contributed by atoms with Crippen LogP contribution in [-0.2, 0) is 6.18 Å². The summed E-state index contributed by atoms with van der Waals surface area (Å²) in [5.41, 5.74) is 3.89. The molecule has 3 rings (SSSR count). The number of benzene rings is 1. The molecule has 0 aliphatic rings. The number of nitrogens with zero attached hydrogens (tertiary/aromatic N) is 3. The van der Waals surface area contributed by atoms with Gasteiger partial charge in [-0.3, -0.25) is 0 Å². The molecule has 0 aliphatic heterocycles. The first kappa shape index (κ1) is 11.9. The predicted molar refractivity (Wildman–Crippen MR) is 64.1 cm³/mol. The number of rotatable bonds is 0. The molecule has 98 valence electrons. The number of hydrogen-bond donors (Lipinski definition) is 1. The van der Waals surface area contributed by atoms with E-state index in [-0.39, 0.29) is 16.4 Å². The molecule has 0 amide bonds. The molecule has 0 saturated carbocycles. The Morgan fingerprint density at radius 1 is 1.26 bits per heavy atom. The van der Waals surface area contributed by atoms with E-state index in [2.05, 4.69) is 9.97 Å². The van der Waals surface area contributed by atoms with E-state index in [1.807, 2.05) is 0 Å². The summed E-state index contributed by atoms with van der Waals surface area (Å²) in [5.74, 6) is -0.201. The standard InChI is InChI=1S/C10H5F3N4OS/c11-10(12,13)4-1-2-6-5(3-4)17-8(18)15-7(14)16-9(17)19-6/h1-3H,(H2,14,15,18). The summed E-state index contributed by atoms with van der Waals surface area (Å²) in [7, 11) is 0. The Hall–Kier alpha value is -2.16. The molecule has 9 heteroatoms. The summed E-state index contributed by atoms with van der Waals surface area (Å²) >= 11 is 1.07. The third kappa shape index (κ3) is 1.82. The fraction of sp³-hybridized carbons (Fsp3) is 0.100. The summed E-state index contributed by atoms with van der Waals surface area (Å²) < 4.78 is 39.5. The van der Waals surface area contributed by atoms with Gasteiger partial charge in [-0.25, -0.2) is 9.20 Å². The first-order valence-electron chi connectivity index (χ1n) is 5.02. The Balaban J connectivity index is 2.45.